The van der Waals surface area contributed by atoms with E-state index in [2.05, 4.69) is 10.1 Å². The van der Waals surface area contributed by atoms with Crippen molar-refractivity contribution in [3.63, 3.8) is 0 Å². The monoisotopic (exact) mass is 329 g/mol. The molecule has 1 saturated heterocycles. The van der Waals surface area contributed by atoms with Gasteiger partial charge in [0.1, 0.15) is 0 Å². The molecule has 1 saturated carbocycles. The third-order valence-electron chi connectivity index (χ3n) is 4.55. The van der Waals surface area contributed by atoms with Crippen molar-refractivity contribution in [3.05, 3.63) is 35.5 Å². The first-order valence-corrected chi connectivity index (χ1v) is 8.04. The zero-order chi connectivity index (χ0) is 16.7. The van der Waals surface area contributed by atoms with Crippen LogP contribution in [0, 0.1) is 0 Å². The van der Waals surface area contributed by atoms with Gasteiger partial charge in [0.05, 0.1) is 20.1 Å². The third-order valence-corrected chi connectivity index (χ3v) is 4.55. The molecule has 24 heavy (non-hydrogen) atoms. The molecule has 2 heterocycles. The SMILES string of the molecule is COc1ccc(C(=O)N2CC(c3nc(C4CC4)no3)C2)cc1OC. The summed E-state index contributed by atoms with van der Waals surface area (Å²) in [5.74, 6) is 3.19. The lowest BCUT2D eigenvalue weighted by Crippen LogP contribution is -2.48. The van der Waals surface area contributed by atoms with Gasteiger partial charge in [0.15, 0.2) is 17.3 Å². The fraction of sp³-hybridized carbons (Fsp3) is 0.471. The minimum atomic E-state index is -0.0332. The average Bonchev–Trinajstić information content (AvgIpc) is 3.31. The Morgan fingerprint density at radius 3 is 2.58 bits per heavy atom. The highest BCUT2D eigenvalue weighted by Crippen LogP contribution is 2.39. The van der Waals surface area contributed by atoms with Crippen LogP contribution in [0.15, 0.2) is 22.7 Å². The normalized spacial score (nSPS) is 17.5. The molecule has 7 nitrogen and oxygen atoms in total. The van der Waals surface area contributed by atoms with E-state index in [1.807, 2.05) is 0 Å². The van der Waals surface area contributed by atoms with Crippen LogP contribution in [0.2, 0.25) is 0 Å². The van der Waals surface area contributed by atoms with E-state index in [1.54, 1.807) is 37.3 Å². The molecule has 2 aromatic rings. The van der Waals surface area contributed by atoms with Gasteiger partial charge in [-0.15, -0.1) is 0 Å². The summed E-state index contributed by atoms with van der Waals surface area (Å²) in [4.78, 5) is 18.8. The summed E-state index contributed by atoms with van der Waals surface area (Å²) in [7, 11) is 3.12. The van der Waals surface area contributed by atoms with Crippen LogP contribution in [0.25, 0.3) is 0 Å². The van der Waals surface area contributed by atoms with Crippen LogP contribution in [0.3, 0.4) is 0 Å². The predicted molar refractivity (Wildman–Crippen MR) is 84.5 cm³/mol. The lowest BCUT2D eigenvalue weighted by molar-refractivity contribution is 0.0569. The van der Waals surface area contributed by atoms with E-state index >= 15 is 0 Å². The van der Waals surface area contributed by atoms with E-state index in [4.69, 9.17) is 14.0 Å². The number of carbonyl (C=O) groups excluding carboxylic acids is 1. The number of hydrogen-bond donors (Lipinski definition) is 0. The number of hydrogen-bond acceptors (Lipinski definition) is 6. The van der Waals surface area contributed by atoms with Gasteiger partial charge in [-0.3, -0.25) is 4.79 Å². The Balaban J connectivity index is 1.41. The smallest absolute Gasteiger partial charge is 0.254 e. The Bertz CT molecular complexity index is 763. The molecule has 0 atom stereocenters. The Hall–Kier alpha value is -2.57. The number of ether oxygens (including phenoxy) is 2. The second kappa shape index (κ2) is 5.81. The average molecular weight is 329 g/mol. The van der Waals surface area contributed by atoms with Crippen molar-refractivity contribution < 1.29 is 18.8 Å². The maximum absolute atomic E-state index is 12.6. The number of rotatable bonds is 5. The number of aromatic nitrogens is 2. The summed E-state index contributed by atoms with van der Waals surface area (Å²) in [6, 6.07) is 5.19. The minimum Gasteiger partial charge on any atom is -0.493 e. The lowest BCUT2D eigenvalue weighted by atomic mass is 9.98. The second-order valence-corrected chi connectivity index (χ2v) is 6.24. The molecule has 0 N–H and O–H groups in total. The Morgan fingerprint density at radius 2 is 1.92 bits per heavy atom. The van der Waals surface area contributed by atoms with Gasteiger partial charge in [-0.05, 0) is 31.0 Å². The van der Waals surface area contributed by atoms with Crippen molar-refractivity contribution >= 4 is 5.91 Å². The molecule has 126 valence electrons. The summed E-state index contributed by atoms with van der Waals surface area (Å²) < 4.78 is 15.8. The van der Waals surface area contributed by atoms with Crippen molar-refractivity contribution in [2.24, 2.45) is 0 Å². The summed E-state index contributed by atoms with van der Waals surface area (Å²) in [6.45, 7) is 1.19. The van der Waals surface area contributed by atoms with Crippen LogP contribution in [0.1, 0.15) is 46.8 Å². The van der Waals surface area contributed by atoms with E-state index in [0.29, 0.717) is 42.0 Å². The number of amides is 1. The highest BCUT2D eigenvalue weighted by atomic mass is 16.5. The standard InChI is InChI=1S/C17H19N3O4/c1-22-13-6-5-11(7-14(13)23-2)17(21)20-8-12(9-20)16-18-15(19-24-16)10-3-4-10/h5-7,10,12H,3-4,8-9H2,1-2H3. The van der Waals surface area contributed by atoms with E-state index in [-0.39, 0.29) is 11.8 Å². The van der Waals surface area contributed by atoms with Crippen molar-refractivity contribution in [1.29, 1.82) is 0 Å². The molecule has 1 aromatic carbocycles. The first-order valence-electron chi connectivity index (χ1n) is 8.04. The number of benzene rings is 1. The van der Waals surface area contributed by atoms with Gasteiger partial charge in [0.25, 0.3) is 5.91 Å². The molecule has 7 heteroatoms. The molecule has 0 spiro atoms. The number of methoxy groups -OCH3 is 2. The Morgan fingerprint density at radius 1 is 1.17 bits per heavy atom. The molecule has 2 fully saturated rings. The number of nitrogens with zero attached hydrogens (tertiary/aromatic N) is 3. The maximum Gasteiger partial charge on any atom is 0.254 e. The first-order chi connectivity index (χ1) is 11.7. The van der Waals surface area contributed by atoms with Crippen molar-refractivity contribution in [3.8, 4) is 11.5 Å². The summed E-state index contributed by atoms with van der Waals surface area (Å²) in [5, 5.41) is 4.03. The Labute approximate surface area is 139 Å². The van der Waals surface area contributed by atoms with E-state index in [1.165, 1.54) is 0 Å². The van der Waals surface area contributed by atoms with E-state index in [9.17, 15) is 4.79 Å². The highest BCUT2D eigenvalue weighted by Gasteiger charge is 2.37. The Kier molecular flexibility index (Phi) is 3.63. The van der Waals surface area contributed by atoms with E-state index < -0.39 is 0 Å². The summed E-state index contributed by atoms with van der Waals surface area (Å²) >= 11 is 0. The molecular weight excluding hydrogens is 310 g/mol. The molecule has 2 aliphatic rings. The van der Waals surface area contributed by atoms with Gasteiger partial charge in [-0.25, -0.2) is 0 Å². The van der Waals surface area contributed by atoms with Crippen molar-refractivity contribution in [2.75, 3.05) is 27.3 Å². The zero-order valence-electron chi connectivity index (χ0n) is 13.7. The maximum atomic E-state index is 12.6. The van der Waals surface area contributed by atoms with Crippen LogP contribution in [0.4, 0.5) is 0 Å². The topological polar surface area (TPSA) is 77.7 Å². The minimum absolute atomic E-state index is 0.0332. The van der Waals surface area contributed by atoms with Crippen LogP contribution in [-0.4, -0.2) is 48.3 Å². The van der Waals surface area contributed by atoms with E-state index in [0.717, 1.165) is 18.7 Å². The molecule has 1 amide bonds. The molecule has 1 aromatic heterocycles. The fourth-order valence-electron chi connectivity index (χ4n) is 2.87. The predicted octanol–water partition coefficient (Wildman–Crippen LogP) is 2.20. The van der Waals surface area contributed by atoms with Crippen molar-refractivity contribution in [2.45, 2.75) is 24.7 Å². The van der Waals surface area contributed by atoms with Crippen LogP contribution < -0.4 is 9.47 Å². The van der Waals surface area contributed by atoms with Gasteiger partial charge in [0.2, 0.25) is 5.89 Å². The van der Waals surface area contributed by atoms with Crippen molar-refractivity contribution in [1.82, 2.24) is 15.0 Å². The van der Waals surface area contributed by atoms with Gasteiger partial charge >= 0.3 is 0 Å². The highest BCUT2D eigenvalue weighted by molar-refractivity contribution is 5.95. The van der Waals surface area contributed by atoms with Gasteiger partial charge < -0.3 is 18.9 Å². The largest absolute Gasteiger partial charge is 0.493 e. The van der Waals surface area contributed by atoms with Crippen LogP contribution in [-0.2, 0) is 0 Å². The molecule has 1 aliphatic heterocycles. The summed E-state index contributed by atoms with van der Waals surface area (Å²) in [5.41, 5.74) is 0.579. The van der Waals surface area contributed by atoms with Gasteiger partial charge in [-0.1, -0.05) is 5.16 Å². The fourth-order valence-corrected chi connectivity index (χ4v) is 2.87. The first kappa shape index (κ1) is 15.0. The molecular formula is C17H19N3O4. The molecule has 0 radical (unpaired) electrons. The molecule has 0 unspecified atom stereocenters. The molecule has 0 bridgehead atoms. The number of carbonyl (C=O) groups is 1. The van der Waals surface area contributed by atoms with Gasteiger partial charge in [0, 0.05) is 24.6 Å². The molecule has 1 aliphatic carbocycles. The zero-order valence-corrected chi connectivity index (χ0v) is 13.7. The van der Waals surface area contributed by atoms with Crippen LogP contribution >= 0.6 is 0 Å². The van der Waals surface area contributed by atoms with Crippen LogP contribution in [0.5, 0.6) is 11.5 Å². The second-order valence-electron chi connectivity index (χ2n) is 6.24. The quantitative estimate of drug-likeness (QED) is 0.837. The third kappa shape index (κ3) is 2.60. The van der Waals surface area contributed by atoms with Gasteiger partial charge in [-0.2, -0.15) is 4.98 Å². The number of likely N-dealkylation sites (tertiary alicyclic amines) is 1. The lowest BCUT2D eigenvalue weighted by Gasteiger charge is -2.37. The molecule has 4 rings (SSSR count). The summed E-state index contributed by atoms with van der Waals surface area (Å²) in [6.07, 6.45) is 2.29.